The molecule has 0 radical (unpaired) electrons. The average Bonchev–Trinajstić information content (AvgIpc) is 2.97. The molecule has 2 amide bonds. The minimum atomic E-state index is -0.123. The van der Waals surface area contributed by atoms with Gasteiger partial charge in [-0.15, -0.1) is 11.3 Å². The van der Waals surface area contributed by atoms with Gasteiger partial charge in [-0.1, -0.05) is 49.7 Å². The maximum absolute atomic E-state index is 12.1. The minimum Gasteiger partial charge on any atom is -0.338 e. The van der Waals surface area contributed by atoms with Crippen molar-refractivity contribution in [2.24, 2.45) is 5.92 Å². The van der Waals surface area contributed by atoms with Crippen LogP contribution >= 0.6 is 11.3 Å². The van der Waals surface area contributed by atoms with Gasteiger partial charge in [-0.3, -0.25) is 0 Å². The van der Waals surface area contributed by atoms with E-state index in [1.807, 2.05) is 11.4 Å². The Morgan fingerprint density at radius 1 is 1.19 bits per heavy atom. The summed E-state index contributed by atoms with van der Waals surface area (Å²) in [6.45, 7) is 6.90. The van der Waals surface area contributed by atoms with E-state index in [9.17, 15) is 4.79 Å². The van der Waals surface area contributed by atoms with E-state index in [0.29, 0.717) is 12.5 Å². The SMILES string of the molecule is Cc1ccc(C(NC(=O)NCC(C)C)c2cccs2)cc1. The molecule has 0 aliphatic rings. The first-order valence-electron chi connectivity index (χ1n) is 7.20. The highest BCUT2D eigenvalue weighted by Gasteiger charge is 2.17. The molecule has 1 heterocycles. The van der Waals surface area contributed by atoms with Crippen LogP contribution in [-0.4, -0.2) is 12.6 Å². The Morgan fingerprint density at radius 3 is 2.48 bits per heavy atom. The van der Waals surface area contributed by atoms with Crippen LogP contribution in [0.1, 0.15) is 35.9 Å². The summed E-state index contributed by atoms with van der Waals surface area (Å²) in [7, 11) is 0. The normalized spacial score (nSPS) is 12.2. The molecule has 0 aliphatic carbocycles. The van der Waals surface area contributed by atoms with Gasteiger partial charge in [-0.05, 0) is 29.9 Å². The number of urea groups is 1. The van der Waals surface area contributed by atoms with Crippen LogP contribution in [-0.2, 0) is 0 Å². The summed E-state index contributed by atoms with van der Waals surface area (Å²) in [5.41, 5.74) is 2.32. The summed E-state index contributed by atoms with van der Waals surface area (Å²) in [6, 6.07) is 12.1. The molecule has 2 aromatic rings. The lowest BCUT2D eigenvalue weighted by molar-refractivity contribution is 0.237. The molecule has 1 atom stereocenters. The van der Waals surface area contributed by atoms with Gasteiger partial charge in [0.25, 0.3) is 0 Å². The Morgan fingerprint density at radius 2 is 1.90 bits per heavy atom. The van der Waals surface area contributed by atoms with Gasteiger partial charge in [-0.2, -0.15) is 0 Å². The van der Waals surface area contributed by atoms with Gasteiger partial charge in [0.2, 0.25) is 0 Å². The number of nitrogens with one attached hydrogen (secondary N) is 2. The fourth-order valence-electron chi connectivity index (χ4n) is 2.01. The van der Waals surface area contributed by atoms with E-state index in [1.165, 1.54) is 5.56 Å². The van der Waals surface area contributed by atoms with Crippen LogP contribution in [0.5, 0.6) is 0 Å². The summed E-state index contributed by atoms with van der Waals surface area (Å²) in [4.78, 5) is 13.2. The molecule has 0 fully saturated rings. The van der Waals surface area contributed by atoms with Crippen LogP contribution in [0.25, 0.3) is 0 Å². The quantitative estimate of drug-likeness (QED) is 0.857. The smallest absolute Gasteiger partial charge is 0.315 e. The number of rotatable bonds is 5. The average molecular weight is 302 g/mol. The fraction of sp³-hybridized carbons (Fsp3) is 0.353. The van der Waals surface area contributed by atoms with E-state index in [2.05, 4.69) is 61.7 Å². The molecule has 112 valence electrons. The second-order valence-electron chi connectivity index (χ2n) is 5.61. The molecule has 0 saturated heterocycles. The fourth-order valence-corrected chi connectivity index (χ4v) is 2.81. The van der Waals surface area contributed by atoms with Crippen LogP contribution in [0.15, 0.2) is 41.8 Å². The zero-order chi connectivity index (χ0) is 15.2. The van der Waals surface area contributed by atoms with Crippen molar-refractivity contribution in [3.05, 3.63) is 57.8 Å². The van der Waals surface area contributed by atoms with Gasteiger partial charge in [0.1, 0.15) is 0 Å². The first-order valence-corrected chi connectivity index (χ1v) is 8.08. The lowest BCUT2D eigenvalue weighted by Gasteiger charge is -2.19. The first-order chi connectivity index (χ1) is 10.1. The number of carbonyl (C=O) groups is 1. The summed E-state index contributed by atoms with van der Waals surface area (Å²) in [5.74, 6) is 0.440. The van der Waals surface area contributed by atoms with Crippen molar-refractivity contribution in [3.63, 3.8) is 0 Å². The number of carbonyl (C=O) groups excluding carboxylic acids is 1. The molecular formula is C17H22N2OS. The van der Waals surface area contributed by atoms with Crippen molar-refractivity contribution in [1.29, 1.82) is 0 Å². The van der Waals surface area contributed by atoms with E-state index < -0.39 is 0 Å². The van der Waals surface area contributed by atoms with Crippen LogP contribution in [0.4, 0.5) is 4.79 Å². The van der Waals surface area contributed by atoms with Crippen LogP contribution < -0.4 is 10.6 Å². The Hall–Kier alpha value is -1.81. The van der Waals surface area contributed by atoms with Crippen molar-refractivity contribution < 1.29 is 4.79 Å². The number of thiophene rings is 1. The number of hydrogen-bond acceptors (Lipinski definition) is 2. The monoisotopic (exact) mass is 302 g/mol. The zero-order valence-electron chi connectivity index (χ0n) is 12.7. The molecule has 4 heteroatoms. The molecule has 0 bridgehead atoms. The summed E-state index contributed by atoms with van der Waals surface area (Å²) in [6.07, 6.45) is 0. The number of amides is 2. The van der Waals surface area contributed by atoms with E-state index in [-0.39, 0.29) is 12.1 Å². The van der Waals surface area contributed by atoms with Crippen molar-refractivity contribution in [1.82, 2.24) is 10.6 Å². The molecule has 0 aliphatic heterocycles. The van der Waals surface area contributed by atoms with Crippen molar-refractivity contribution in [2.75, 3.05) is 6.54 Å². The number of aryl methyl sites for hydroxylation is 1. The lowest BCUT2D eigenvalue weighted by atomic mass is 10.0. The molecule has 2 rings (SSSR count). The Kier molecular flexibility index (Phi) is 5.39. The predicted octanol–water partition coefficient (Wildman–Crippen LogP) is 4.10. The van der Waals surface area contributed by atoms with E-state index in [4.69, 9.17) is 0 Å². The molecule has 0 spiro atoms. The molecule has 2 N–H and O–H groups in total. The Labute approximate surface area is 130 Å². The van der Waals surface area contributed by atoms with E-state index in [0.717, 1.165) is 10.4 Å². The third-order valence-electron chi connectivity index (χ3n) is 3.18. The third kappa shape index (κ3) is 4.60. The topological polar surface area (TPSA) is 41.1 Å². The predicted molar refractivity (Wildman–Crippen MR) is 88.7 cm³/mol. The largest absolute Gasteiger partial charge is 0.338 e. The lowest BCUT2D eigenvalue weighted by Crippen LogP contribution is -2.39. The number of benzene rings is 1. The van der Waals surface area contributed by atoms with Crippen LogP contribution in [0.2, 0.25) is 0 Å². The van der Waals surface area contributed by atoms with E-state index in [1.54, 1.807) is 11.3 Å². The van der Waals surface area contributed by atoms with Crippen molar-refractivity contribution in [2.45, 2.75) is 26.8 Å². The molecule has 0 saturated carbocycles. The second-order valence-corrected chi connectivity index (χ2v) is 6.59. The highest BCUT2D eigenvalue weighted by Crippen LogP contribution is 2.26. The minimum absolute atomic E-state index is 0.0993. The van der Waals surface area contributed by atoms with Crippen molar-refractivity contribution >= 4 is 17.4 Å². The summed E-state index contributed by atoms with van der Waals surface area (Å²) >= 11 is 1.65. The summed E-state index contributed by atoms with van der Waals surface area (Å²) < 4.78 is 0. The zero-order valence-corrected chi connectivity index (χ0v) is 13.5. The highest BCUT2D eigenvalue weighted by molar-refractivity contribution is 7.10. The molecule has 1 unspecified atom stereocenters. The second kappa shape index (κ2) is 7.27. The van der Waals surface area contributed by atoms with Gasteiger partial charge in [0, 0.05) is 11.4 Å². The van der Waals surface area contributed by atoms with Crippen LogP contribution in [0.3, 0.4) is 0 Å². The molecule has 21 heavy (non-hydrogen) atoms. The van der Waals surface area contributed by atoms with Gasteiger partial charge >= 0.3 is 6.03 Å². The maximum atomic E-state index is 12.1. The van der Waals surface area contributed by atoms with Gasteiger partial charge in [0.05, 0.1) is 6.04 Å². The standard InChI is InChI=1S/C17H22N2OS/c1-12(2)11-18-17(20)19-16(15-5-4-10-21-15)14-8-6-13(3)7-9-14/h4-10,12,16H,11H2,1-3H3,(H2,18,19,20). The molecular weight excluding hydrogens is 280 g/mol. The van der Waals surface area contributed by atoms with Gasteiger partial charge < -0.3 is 10.6 Å². The molecule has 3 nitrogen and oxygen atoms in total. The third-order valence-corrected chi connectivity index (χ3v) is 4.12. The summed E-state index contributed by atoms with van der Waals surface area (Å²) in [5, 5.41) is 8.01. The highest BCUT2D eigenvalue weighted by atomic mass is 32.1. The number of hydrogen-bond donors (Lipinski definition) is 2. The van der Waals surface area contributed by atoms with Crippen LogP contribution in [0, 0.1) is 12.8 Å². The molecule has 1 aromatic heterocycles. The Balaban J connectivity index is 2.14. The van der Waals surface area contributed by atoms with Gasteiger partial charge in [-0.25, -0.2) is 4.79 Å². The van der Waals surface area contributed by atoms with E-state index >= 15 is 0 Å². The maximum Gasteiger partial charge on any atom is 0.315 e. The van der Waals surface area contributed by atoms with Gasteiger partial charge in [0.15, 0.2) is 0 Å². The van der Waals surface area contributed by atoms with Crippen molar-refractivity contribution in [3.8, 4) is 0 Å². The molecule has 1 aromatic carbocycles. The first kappa shape index (κ1) is 15.6. The Bertz CT molecular complexity index is 561.